The third kappa shape index (κ3) is 3.55. The predicted octanol–water partition coefficient (Wildman–Crippen LogP) is 2.49. The molecule has 0 aromatic carbocycles. The summed E-state index contributed by atoms with van der Waals surface area (Å²) in [6.45, 7) is 7.10. The molecule has 3 heteroatoms. The van der Waals surface area contributed by atoms with E-state index in [2.05, 4.69) is 11.8 Å². The van der Waals surface area contributed by atoms with Crippen LogP contribution in [0, 0.1) is 11.3 Å². The van der Waals surface area contributed by atoms with Crippen LogP contribution in [0.2, 0.25) is 0 Å². The second-order valence-electron chi connectivity index (χ2n) is 6.10. The molecule has 0 bridgehead atoms. The summed E-state index contributed by atoms with van der Waals surface area (Å²) in [5.41, 5.74) is -0.115. The Balaban J connectivity index is 1.80. The fraction of sp³-hybridized carbons (Fsp3) is 0.933. The highest BCUT2D eigenvalue weighted by Crippen LogP contribution is 2.31. The number of piperidine rings is 1. The fourth-order valence-corrected chi connectivity index (χ4v) is 3.38. The zero-order valence-electron chi connectivity index (χ0n) is 11.7. The molecule has 2 fully saturated rings. The topological polar surface area (TPSA) is 29.5 Å². The molecule has 0 amide bonds. The van der Waals surface area contributed by atoms with E-state index in [-0.39, 0.29) is 5.41 Å². The Morgan fingerprint density at radius 1 is 1.28 bits per heavy atom. The molecule has 2 rings (SSSR count). The van der Waals surface area contributed by atoms with Crippen LogP contribution < -0.4 is 0 Å². The van der Waals surface area contributed by atoms with E-state index < -0.39 is 0 Å². The van der Waals surface area contributed by atoms with Crippen LogP contribution in [0.4, 0.5) is 0 Å². The highest BCUT2D eigenvalue weighted by Gasteiger charge is 2.35. The standard InChI is InChI=1S/C15H27NO2/c1-2-3-14-4-8-16(9-5-14)12-15(13-17)6-10-18-11-7-15/h13-14H,2-12H2,1H3. The van der Waals surface area contributed by atoms with Crippen molar-refractivity contribution in [3.8, 4) is 0 Å². The minimum atomic E-state index is -0.115. The average Bonchev–Trinajstić information content (AvgIpc) is 2.42. The molecular formula is C15H27NO2. The SMILES string of the molecule is CCCC1CCN(CC2(C=O)CCOCC2)CC1. The van der Waals surface area contributed by atoms with Gasteiger partial charge in [0, 0.05) is 25.2 Å². The number of ether oxygens (including phenoxy) is 1. The summed E-state index contributed by atoms with van der Waals surface area (Å²) in [5.74, 6) is 0.924. The van der Waals surface area contributed by atoms with Gasteiger partial charge in [0.15, 0.2) is 0 Å². The normalized spacial score (nSPS) is 26.1. The first-order valence-corrected chi connectivity index (χ1v) is 7.54. The van der Waals surface area contributed by atoms with Crippen LogP contribution in [0.1, 0.15) is 45.4 Å². The molecule has 18 heavy (non-hydrogen) atoms. The van der Waals surface area contributed by atoms with Gasteiger partial charge < -0.3 is 14.4 Å². The van der Waals surface area contributed by atoms with Crippen LogP contribution >= 0.6 is 0 Å². The molecule has 3 nitrogen and oxygen atoms in total. The number of hydrogen-bond acceptors (Lipinski definition) is 3. The van der Waals surface area contributed by atoms with E-state index in [0.717, 1.165) is 38.5 Å². The molecule has 2 heterocycles. The number of aldehydes is 1. The zero-order chi connectivity index (χ0) is 12.8. The Labute approximate surface area is 111 Å². The summed E-state index contributed by atoms with van der Waals surface area (Å²) >= 11 is 0. The number of nitrogens with zero attached hydrogens (tertiary/aromatic N) is 1. The lowest BCUT2D eigenvalue weighted by atomic mass is 9.80. The van der Waals surface area contributed by atoms with Gasteiger partial charge in [-0.2, -0.15) is 0 Å². The molecule has 0 radical (unpaired) electrons. The molecule has 2 aliphatic rings. The summed E-state index contributed by atoms with van der Waals surface area (Å²) in [7, 11) is 0. The summed E-state index contributed by atoms with van der Waals surface area (Å²) < 4.78 is 5.39. The first-order chi connectivity index (χ1) is 8.78. The van der Waals surface area contributed by atoms with Gasteiger partial charge in [-0.15, -0.1) is 0 Å². The molecule has 0 aliphatic carbocycles. The number of hydrogen-bond donors (Lipinski definition) is 0. The number of carbonyl (C=O) groups is 1. The molecular weight excluding hydrogens is 226 g/mol. The Hall–Kier alpha value is -0.410. The van der Waals surface area contributed by atoms with Crippen LogP contribution in [0.3, 0.4) is 0 Å². The quantitative estimate of drug-likeness (QED) is 0.705. The highest BCUT2D eigenvalue weighted by molar-refractivity contribution is 5.60. The molecule has 0 atom stereocenters. The van der Waals surface area contributed by atoms with Crippen molar-refractivity contribution in [3.05, 3.63) is 0 Å². The van der Waals surface area contributed by atoms with Crippen molar-refractivity contribution >= 4 is 6.29 Å². The Bertz CT molecular complexity index is 253. The van der Waals surface area contributed by atoms with Gasteiger partial charge in [-0.1, -0.05) is 19.8 Å². The van der Waals surface area contributed by atoms with Crippen LogP contribution in [0.5, 0.6) is 0 Å². The van der Waals surface area contributed by atoms with Crippen molar-refractivity contribution in [2.24, 2.45) is 11.3 Å². The van der Waals surface area contributed by atoms with Crippen LogP contribution in [-0.2, 0) is 9.53 Å². The molecule has 0 aromatic rings. The van der Waals surface area contributed by atoms with Crippen LogP contribution in [0.25, 0.3) is 0 Å². The molecule has 0 unspecified atom stereocenters. The fourth-order valence-electron chi connectivity index (χ4n) is 3.38. The van der Waals surface area contributed by atoms with E-state index in [9.17, 15) is 4.79 Å². The maximum atomic E-state index is 11.4. The van der Waals surface area contributed by atoms with E-state index in [4.69, 9.17) is 4.74 Å². The second-order valence-corrected chi connectivity index (χ2v) is 6.10. The largest absolute Gasteiger partial charge is 0.381 e. The van der Waals surface area contributed by atoms with E-state index in [1.165, 1.54) is 45.1 Å². The van der Waals surface area contributed by atoms with Gasteiger partial charge in [0.05, 0.1) is 0 Å². The maximum absolute atomic E-state index is 11.4. The van der Waals surface area contributed by atoms with Crippen molar-refractivity contribution in [2.75, 3.05) is 32.8 Å². The van der Waals surface area contributed by atoms with Gasteiger partial charge in [-0.25, -0.2) is 0 Å². The van der Waals surface area contributed by atoms with E-state index in [1.54, 1.807) is 0 Å². The van der Waals surface area contributed by atoms with Crippen LogP contribution in [-0.4, -0.2) is 44.0 Å². The Morgan fingerprint density at radius 3 is 2.50 bits per heavy atom. The molecule has 0 saturated carbocycles. The third-order valence-corrected chi connectivity index (χ3v) is 4.68. The van der Waals surface area contributed by atoms with E-state index in [1.807, 2.05) is 0 Å². The molecule has 2 saturated heterocycles. The molecule has 0 N–H and O–H groups in total. The minimum absolute atomic E-state index is 0.115. The third-order valence-electron chi connectivity index (χ3n) is 4.68. The lowest BCUT2D eigenvalue weighted by Gasteiger charge is -2.40. The number of carbonyl (C=O) groups excluding carboxylic acids is 1. The van der Waals surface area contributed by atoms with Crippen molar-refractivity contribution < 1.29 is 9.53 Å². The summed E-state index contributed by atoms with van der Waals surface area (Å²) in [4.78, 5) is 13.9. The summed E-state index contributed by atoms with van der Waals surface area (Å²) in [6.07, 6.45) is 8.34. The lowest BCUT2D eigenvalue weighted by molar-refractivity contribution is -0.123. The van der Waals surface area contributed by atoms with Gasteiger partial charge in [0.1, 0.15) is 6.29 Å². The van der Waals surface area contributed by atoms with Crippen LogP contribution in [0.15, 0.2) is 0 Å². The molecule has 2 aliphatic heterocycles. The van der Waals surface area contributed by atoms with Crippen molar-refractivity contribution in [2.45, 2.75) is 45.4 Å². The highest BCUT2D eigenvalue weighted by atomic mass is 16.5. The van der Waals surface area contributed by atoms with Gasteiger partial charge in [0.2, 0.25) is 0 Å². The summed E-state index contributed by atoms with van der Waals surface area (Å²) in [6, 6.07) is 0. The monoisotopic (exact) mass is 253 g/mol. The molecule has 0 aromatic heterocycles. The van der Waals surface area contributed by atoms with Crippen molar-refractivity contribution in [1.82, 2.24) is 4.90 Å². The smallest absolute Gasteiger partial charge is 0.127 e. The minimum Gasteiger partial charge on any atom is -0.381 e. The van der Waals surface area contributed by atoms with Gasteiger partial charge in [0.25, 0.3) is 0 Å². The Morgan fingerprint density at radius 2 is 1.94 bits per heavy atom. The van der Waals surface area contributed by atoms with Gasteiger partial charge in [-0.05, 0) is 44.7 Å². The number of likely N-dealkylation sites (tertiary alicyclic amines) is 1. The number of rotatable bonds is 5. The van der Waals surface area contributed by atoms with E-state index >= 15 is 0 Å². The molecule has 0 spiro atoms. The first kappa shape index (κ1) is 14.0. The Kier molecular flexibility index (Phi) is 5.19. The zero-order valence-corrected chi connectivity index (χ0v) is 11.7. The maximum Gasteiger partial charge on any atom is 0.127 e. The van der Waals surface area contributed by atoms with Crippen molar-refractivity contribution in [1.29, 1.82) is 0 Å². The lowest BCUT2D eigenvalue weighted by Crippen LogP contribution is -2.45. The average molecular weight is 253 g/mol. The van der Waals surface area contributed by atoms with Gasteiger partial charge >= 0.3 is 0 Å². The summed E-state index contributed by atoms with van der Waals surface area (Å²) in [5, 5.41) is 0. The van der Waals surface area contributed by atoms with Crippen molar-refractivity contribution in [3.63, 3.8) is 0 Å². The van der Waals surface area contributed by atoms with E-state index in [0.29, 0.717) is 0 Å². The predicted molar refractivity (Wildman–Crippen MR) is 72.6 cm³/mol. The molecule has 104 valence electrons. The first-order valence-electron chi connectivity index (χ1n) is 7.54. The van der Waals surface area contributed by atoms with Gasteiger partial charge in [-0.3, -0.25) is 0 Å². The second kappa shape index (κ2) is 6.67.